The second kappa shape index (κ2) is 2.85. The maximum Gasteiger partial charge on any atom is 0.0500 e. The predicted molar refractivity (Wildman–Crippen MR) is 57.5 cm³/mol. The van der Waals surface area contributed by atoms with E-state index in [2.05, 4.69) is 47.2 Å². The third-order valence-corrected chi connectivity index (χ3v) is 3.08. The average molecular weight is 186 g/mol. The Balaban J connectivity index is 2.34. The number of hydrogen-bond acceptors (Lipinski definition) is 1. The highest BCUT2D eigenvalue weighted by atomic mass is 14.9. The second-order valence-corrected chi connectivity index (χ2v) is 3.99. The molecule has 0 saturated carbocycles. The van der Waals surface area contributed by atoms with E-state index >= 15 is 0 Å². The summed E-state index contributed by atoms with van der Waals surface area (Å²) in [6, 6.07) is 6.88. The standard InChI is InChI=1S/C12H14N2/c1-9-12-10(5-6-13-9)8-14-7-3-2-4-11(12)14/h2-4,7-9,13H,5-6H2,1H3. The highest BCUT2D eigenvalue weighted by molar-refractivity contribution is 5.61. The molecule has 0 aliphatic carbocycles. The lowest BCUT2D eigenvalue weighted by Crippen LogP contribution is -2.26. The van der Waals surface area contributed by atoms with E-state index in [1.54, 1.807) is 0 Å². The lowest BCUT2D eigenvalue weighted by Gasteiger charge is -2.20. The van der Waals surface area contributed by atoms with Gasteiger partial charge in [-0.2, -0.15) is 0 Å². The highest BCUT2D eigenvalue weighted by Gasteiger charge is 2.19. The van der Waals surface area contributed by atoms with Crippen molar-refractivity contribution in [3.63, 3.8) is 0 Å². The summed E-state index contributed by atoms with van der Waals surface area (Å²) in [5.74, 6) is 0. The van der Waals surface area contributed by atoms with Crippen LogP contribution in [0.2, 0.25) is 0 Å². The highest BCUT2D eigenvalue weighted by Crippen LogP contribution is 2.28. The zero-order chi connectivity index (χ0) is 9.54. The molecule has 2 heteroatoms. The molecule has 2 aromatic heterocycles. The van der Waals surface area contributed by atoms with Crippen molar-refractivity contribution >= 4 is 5.52 Å². The minimum atomic E-state index is 0.492. The molecule has 72 valence electrons. The molecule has 1 aliphatic rings. The van der Waals surface area contributed by atoms with Gasteiger partial charge in [-0.25, -0.2) is 0 Å². The average Bonchev–Trinajstić information content (AvgIpc) is 2.57. The topological polar surface area (TPSA) is 16.4 Å². The van der Waals surface area contributed by atoms with Crippen molar-refractivity contribution in [3.8, 4) is 0 Å². The quantitative estimate of drug-likeness (QED) is 0.667. The summed E-state index contributed by atoms with van der Waals surface area (Å²) in [5, 5.41) is 3.50. The van der Waals surface area contributed by atoms with Crippen molar-refractivity contribution in [1.29, 1.82) is 0 Å². The molecule has 3 heterocycles. The van der Waals surface area contributed by atoms with Crippen LogP contribution >= 0.6 is 0 Å². The van der Waals surface area contributed by atoms with Gasteiger partial charge in [-0.3, -0.25) is 0 Å². The van der Waals surface area contributed by atoms with Gasteiger partial charge in [0.1, 0.15) is 0 Å². The minimum absolute atomic E-state index is 0.492. The molecule has 2 aromatic rings. The molecular weight excluding hydrogens is 172 g/mol. The second-order valence-electron chi connectivity index (χ2n) is 3.99. The van der Waals surface area contributed by atoms with Crippen LogP contribution in [0, 0.1) is 0 Å². The Kier molecular flexibility index (Phi) is 1.64. The molecule has 0 radical (unpaired) electrons. The molecule has 0 fully saturated rings. The van der Waals surface area contributed by atoms with Crippen LogP contribution in [0.15, 0.2) is 30.6 Å². The molecule has 0 bridgehead atoms. The molecule has 1 unspecified atom stereocenters. The number of nitrogens with one attached hydrogen (secondary N) is 1. The van der Waals surface area contributed by atoms with E-state index in [0.29, 0.717) is 6.04 Å². The molecule has 14 heavy (non-hydrogen) atoms. The SMILES string of the molecule is CC1NCCc2cn3ccccc3c21. The summed E-state index contributed by atoms with van der Waals surface area (Å²) in [7, 11) is 0. The lowest BCUT2D eigenvalue weighted by molar-refractivity contribution is 0.547. The van der Waals surface area contributed by atoms with Crippen LogP contribution < -0.4 is 5.32 Å². The Labute approximate surface area is 83.6 Å². The van der Waals surface area contributed by atoms with Crippen LogP contribution in [0.5, 0.6) is 0 Å². The van der Waals surface area contributed by atoms with Gasteiger partial charge in [-0.05, 0) is 43.1 Å². The van der Waals surface area contributed by atoms with Crippen LogP contribution in [0.25, 0.3) is 5.52 Å². The largest absolute Gasteiger partial charge is 0.323 e. The summed E-state index contributed by atoms with van der Waals surface area (Å²) < 4.78 is 2.23. The molecule has 0 amide bonds. The first kappa shape index (κ1) is 8.06. The van der Waals surface area contributed by atoms with Crippen molar-refractivity contribution in [3.05, 3.63) is 41.7 Å². The summed E-state index contributed by atoms with van der Waals surface area (Å²) in [6.07, 6.45) is 5.55. The van der Waals surface area contributed by atoms with Crippen LogP contribution in [0.3, 0.4) is 0 Å². The summed E-state index contributed by atoms with van der Waals surface area (Å²) in [5.41, 5.74) is 4.33. The molecule has 0 aromatic carbocycles. The van der Waals surface area contributed by atoms with Crippen LogP contribution in [-0.2, 0) is 6.42 Å². The fraction of sp³-hybridized carbons (Fsp3) is 0.333. The van der Waals surface area contributed by atoms with Gasteiger partial charge in [0, 0.05) is 24.0 Å². The molecule has 1 aliphatic heterocycles. The van der Waals surface area contributed by atoms with Gasteiger partial charge in [-0.15, -0.1) is 0 Å². The molecule has 1 atom stereocenters. The van der Waals surface area contributed by atoms with Crippen molar-refractivity contribution in [2.24, 2.45) is 0 Å². The van der Waals surface area contributed by atoms with Gasteiger partial charge >= 0.3 is 0 Å². The predicted octanol–water partition coefficient (Wildman–Crippen LogP) is 2.15. The van der Waals surface area contributed by atoms with Gasteiger partial charge in [0.2, 0.25) is 0 Å². The molecule has 0 spiro atoms. The normalized spacial score (nSPS) is 21.1. The van der Waals surface area contributed by atoms with Crippen LogP contribution in [0.1, 0.15) is 24.1 Å². The zero-order valence-corrected chi connectivity index (χ0v) is 8.33. The van der Waals surface area contributed by atoms with E-state index in [-0.39, 0.29) is 0 Å². The van der Waals surface area contributed by atoms with Crippen molar-refractivity contribution < 1.29 is 0 Å². The fourth-order valence-corrected chi connectivity index (χ4v) is 2.42. The van der Waals surface area contributed by atoms with Gasteiger partial charge in [0.05, 0.1) is 0 Å². The third-order valence-electron chi connectivity index (χ3n) is 3.08. The first-order valence-electron chi connectivity index (χ1n) is 5.18. The number of rotatable bonds is 0. The molecule has 2 nitrogen and oxygen atoms in total. The Morgan fingerprint density at radius 1 is 1.43 bits per heavy atom. The molecule has 3 rings (SSSR count). The summed E-state index contributed by atoms with van der Waals surface area (Å²) in [6.45, 7) is 3.34. The molecule has 0 saturated heterocycles. The maximum absolute atomic E-state index is 3.50. The van der Waals surface area contributed by atoms with Gasteiger partial charge in [0.25, 0.3) is 0 Å². The van der Waals surface area contributed by atoms with E-state index in [0.717, 1.165) is 13.0 Å². The maximum atomic E-state index is 3.50. The van der Waals surface area contributed by atoms with Gasteiger partial charge < -0.3 is 9.72 Å². The number of aromatic nitrogens is 1. The van der Waals surface area contributed by atoms with Crippen molar-refractivity contribution in [2.45, 2.75) is 19.4 Å². The van der Waals surface area contributed by atoms with Crippen LogP contribution in [0.4, 0.5) is 0 Å². The first-order valence-corrected chi connectivity index (χ1v) is 5.18. The Bertz CT molecular complexity index is 470. The zero-order valence-electron chi connectivity index (χ0n) is 8.33. The van der Waals surface area contributed by atoms with Crippen LogP contribution in [-0.4, -0.2) is 10.9 Å². The van der Waals surface area contributed by atoms with E-state index in [9.17, 15) is 0 Å². The Hall–Kier alpha value is -1.28. The third kappa shape index (κ3) is 1.01. The number of nitrogens with zero attached hydrogens (tertiary/aromatic N) is 1. The van der Waals surface area contributed by atoms with E-state index in [4.69, 9.17) is 0 Å². The summed E-state index contributed by atoms with van der Waals surface area (Å²) >= 11 is 0. The number of hydrogen-bond donors (Lipinski definition) is 1. The van der Waals surface area contributed by atoms with Crippen molar-refractivity contribution in [1.82, 2.24) is 9.72 Å². The van der Waals surface area contributed by atoms with Gasteiger partial charge in [-0.1, -0.05) is 6.07 Å². The minimum Gasteiger partial charge on any atom is -0.323 e. The Morgan fingerprint density at radius 3 is 3.29 bits per heavy atom. The van der Waals surface area contributed by atoms with Gasteiger partial charge in [0.15, 0.2) is 0 Å². The lowest BCUT2D eigenvalue weighted by atomic mass is 9.99. The van der Waals surface area contributed by atoms with E-state index in [1.807, 2.05) is 0 Å². The Morgan fingerprint density at radius 2 is 2.36 bits per heavy atom. The fourth-order valence-electron chi connectivity index (χ4n) is 2.42. The smallest absolute Gasteiger partial charge is 0.0500 e. The van der Waals surface area contributed by atoms with E-state index in [1.165, 1.54) is 16.6 Å². The van der Waals surface area contributed by atoms with Crippen molar-refractivity contribution in [2.75, 3.05) is 6.54 Å². The molecule has 1 N–H and O–H groups in total. The monoisotopic (exact) mass is 186 g/mol. The van der Waals surface area contributed by atoms with E-state index < -0.39 is 0 Å². The molecular formula is C12H14N2. The summed E-state index contributed by atoms with van der Waals surface area (Å²) in [4.78, 5) is 0. The number of fused-ring (bicyclic) bond motifs is 3. The number of pyridine rings is 1. The first-order chi connectivity index (χ1) is 6.86.